The Hall–Kier alpha value is -2.05. The highest BCUT2D eigenvalue weighted by Crippen LogP contribution is 2.13. The first-order chi connectivity index (χ1) is 7.80. The molecule has 2 aromatic rings. The van der Waals surface area contributed by atoms with Gasteiger partial charge in [-0.3, -0.25) is 0 Å². The van der Waals surface area contributed by atoms with Gasteiger partial charge >= 0.3 is 12.1 Å². The summed E-state index contributed by atoms with van der Waals surface area (Å²) < 4.78 is 31.7. The van der Waals surface area contributed by atoms with E-state index >= 15 is 0 Å². The molecular weight excluding hydrogens is 237 g/mol. The fourth-order valence-electron chi connectivity index (χ4n) is 1.08. The van der Waals surface area contributed by atoms with Gasteiger partial charge in [0.2, 0.25) is 0 Å². The van der Waals surface area contributed by atoms with Gasteiger partial charge in [-0.1, -0.05) is 12.1 Å². The number of aromatic nitrogens is 2. The van der Waals surface area contributed by atoms with Crippen LogP contribution in [0.2, 0.25) is 0 Å². The summed E-state index contributed by atoms with van der Waals surface area (Å²) >= 11 is 0. The molecule has 92 valence electrons. The Bertz CT molecular complexity index is 486. The molecule has 17 heavy (non-hydrogen) atoms. The summed E-state index contributed by atoms with van der Waals surface area (Å²) in [5.74, 6) is -1.78. The van der Waals surface area contributed by atoms with Crippen molar-refractivity contribution in [3.05, 3.63) is 30.1 Å². The van der Waals surface area contributed by atoms with Crippen LogP contribution in [0.25, 0.3) is 11.0 Å². The number of hydrogen-bond acceptors (Lipinski definition) is 2. The van der Waals surface area contributed by atoms with E-state index in [2.05, 4.69) is 9.97 Å². The lowest BCUT2D eigenvalue weighted by atomic mass is 10.3. The summed E-state index contributed by atoms with van der Waals surface area (Å²) in [6, 6.07) is 8.01. The molecule has 0 spiro atoms. The number of nitrogens with one attached hydrogen (secondary N) is 1. The van der Waals surface area contributed by atoms with Crippen LogP contribution in [-0.4, -0.2) is 27.2 Å². The molecule has 0 aliphatic carbocycles. The maximum atomic E-state index is 10.6. The number of benzene rings is 1. The fraction of sp³-hybridized carbons (Fsp3) is 0.200. The van der Waals surface area contributed by atoms with Crippen LogP contribution < -0.4 is 0 Å². The number of carboxylic acids is 1. The van der Waals surface area contributed by atoms with Gasteiger partial charge in [-0.05, 0) is 19.1 Å². The Kier molecular flexibility index (Phi) is 3.72. The molecule has 0 aliphatic heterocycles. The maximum Gasteiger partial charge on any atom is 0.490 e. The Labute approximate surface area is 94.1 Å². The summed E-state index contributed by atoms with van der Waals surface area (Å²) in [6.07, 6.45) is -5.08. The maximum absolute atomic E-state index is 10.6. The van der Waals surface area contributed by atoms with Gasteiger partial charge in [0.1, 0.15) is 5.82 Å². The van der Waals surface area contributed by atoms with E-state index in [1.54, 1.807) is 0 Å². The SMILES string of the molecule is Cc1nc2ccccc2[nH]1.O=C(O)C(F)(F)F. The molecule has 1 heterocycles. The lowest BCUT2D eigenvalue weighted by molar-refractivity contribution is -0.192. The predicted molar refractivity (Wildman–Crippen MR) is 54.5 cm³/mol. The Morgan fingerprint density at radius 1 is 1.35 bits per heavy atom. The average Bonchev–Trinajstić information content (AvgIpc) is 2.57. The van der Waals surface area contributed by atoms with Crippen molar-refractivity contribution in [3.8, 4) is 0 Å². The minimum Gasteiger partial charge on any atom is -0.475 e. The number of para-hydroxylation sites is 2. The number of aryl methyl sites for hydroxylation is 1. The monoisotopic (exact) mass is 246 g/mol. The largest absolute Gasteiger partial charge is 0.490 e. The van der Waals surface area contributed by atoms with Crippen molar-refractivity contribution in [2.45, 2.75) is 13.1 Å². The molecule has 0 unspecified atom stereocenters. The molecular formula is C10H9F3N2O2. The van der Waals surface area contributed by atoms with Gasteiger partial charge in [0.25, 0.3) is 0 Å². The van der Waals surface area contributed by atoms with E-state index in [9.17, 15) is 13.2 Å². The van der Waals surface area contributed by atoms with Gasteiger partial charge in [0.05, 0.1) is 11.0 Å². The van der Waals surface area contributed by atoms with E-state index in [0.29, 0.717) is 0 Å². The zero-order valence-corrected chi connectivity index (χ0v) is 8.75. The van der Waals surface area contributed by atoms with Crippen LogP contribution in [0, 0.1) is 6.92 Å². The van der Waals surface area contributed by atoms with Crippen LogP contribution in [0.5, 0.6) is 0 Å². The molecule has 0 bridgehead atoms. The molecule has 0 amide bonds. The number of hydrogen-bond donors (Lipinski definition) is 2. The lowest BCUT2D eigenvalue weighted by Crippen LogP contribution is -2.21. The van der Waals surface area contributed by atoms with E-state index in [1.165, 1.54) is 0 Å². The highest BCUT2D eigenvalue weighted by molar-refractivity contribution is 5.74. The summed E-state index contributed by atoms with van der Waals surface area (Å²) in [4.78, 5) is 16.3. The highest BCUT2D eigenvalue weighted by atomic mass is 19.4. The molecule has 1 aromatic heterocycles. The number of alkyl halides is 3. The molecule has 0 radical (unpaired) electrons. The van der Waals surface area contributed by atoms with Crippen molar-refractivity contribution in [2.24, 2.45) is 0 Å². The number of imidazole rings is 1. The van der Waals surface area contributed by atoms with Crippen molar-refractivity contribution >= 4 is 17.0 Å². The number of nitrogens with zero attached hydrogens (tertiary/aromatic N) is 1. The van der Waals surface area contributed by atoms with Gasteiger partial charge in [-0.25, -0.2) is 9.78 Å². The standard InChI is InChI=1S/C8H8N2.C2HF3O2/c1-6-9-7-4-2-3-5-8(7)10-6;3-2(4,5)1(6)7/h2-5H,1H3,(H,9,10);(H,6,7). The second-order valence-corrected chi connectivity index (χ2v) is 3.14. The van der Waals surface area contributed by atoms with Crippen LogP contribution in [0.15, 0.2) is 24.3 Å². The Morgan fingerprint density at radius 2 is 1.88 bits per heavy atom. The number of rotatable bonds is 0. The lowest BCUT2D eigenvalue weighted by Gasteiger charge is -1.93. The van der Waals surface area contributed by atoms with Crippen LogP contribution in [-0.2, 0) is 4.79 Å². The van der Waals surface area contributed by atoms with Crippen molar-refractivity contribution < 1.29 is 23.1 Å². The van der Waals surface area contributed by atoms with E-state index in [0.717, 1.165) is 16.9 Å². The second-order valence-electron chi connectivity index (χ2n) is 3.14. The van der Waals surface area contributed by atoms with Gasteiger partial charge in [0.15, 0.2) is 0 Å². The van der Waals surface area contributed by atoms with Gasteiger partial charge < -0.3 is 10.1 Å². The predicted octanol–water partition coefficient (Wildman–Crippen LogP) is 2.50. The number of halogens is 3. The Morgan fingerprint density at radius 3 is 2.35 bits per heavy atom. The van der Waals surface area contributed by atoms with E-state index in [1.807, 2.05) is 31.2 Å². The zero-order chi connectivity index (χ0) is 13.1. The third-order valence-corrected chi connectivity index (χ3v) is 1.75. The van der Waals surface area contributed by atoms with Crippen LogP contribution in [0.1, 0.15) is 5.82 Å². The van der Waals surface area contributed by atoms with E-state index in [-0.39, 0.29) is 0 Å². The van der Waals surface area contributed by atoms with Crippen molar-refractivity contribution in [2.75, 3.05) is 0 Å². The van der Waals surface area contributed by atoms with Crippen molar-refractivity contribution in [1.29, 1.82) is 0 Å². The minimum atomic E-state index is -5.08. The minimum absolute atomic E-state index is 0.973. The van der Waals surface area contributed by atoms with Gasteiger partial charge in [0, 0.05) is 0 Å². The average molecular weight is 246 g/mol. The van der Waals surface area contributed by atoms with Gasteiger partial charge in [-0.2, -0.15) is 13.2 Å². The fourth-order valence-corrected chi connectivity index (χ4v) is 1.08. The number of carbonyl (C=O) groups is 1. The first-order valence-electron chi connectivity index (χ1n) is 4.52. The summed E-state index contributed by atoms with van der Waals surface area (Å²) in [5.41, 5.74) is 2.15. The Balaban J connectivity index is 0.000000185. The van der Waals surface area contributed by atoms with Gasteiger partial charge in [-0.15, -0.1) is 0 Å². The quantitative estimate of drug-likeness (QED) is 0.750. The molecule has 0 saturated heterocycles. The van der Waals surface area contributed by atoms with Crippen LogP contribution in [0.4, 0.5) is 13.2 Å². The van der Waals surface area contributed by atoms with Crippen molar-refractivity contribution in [3.63, 3.8) is 0 Å². The van der Waals surface area contributed by atoms with Crippen LogP contribution >= 0.6 is 0 Å². The van der Waals surface area contributed by atoms with Crippen molar-refractivity contribution in [1.82, 2.24) is 9.97 Å². The molecule has 4 nitrogen and oxygen atoms in total. The highest BCUT2D eigenvalue weighted by Gasteiger charge is 2.38. The zero-order valence-electron chi connectivity index (χ0n) is 8.75. The molecule has 0 fully saturated rings. The number of fused-ring (bicyclic) bond motifs is 1. The number of H-pyrrole nitrogens is 1. The smallest absolute Gasteiger partial charge is 0.475 e. The van der Waals surface area contributed by atoms with E-state index in [4.69, 9.17) is 9.90 Å². The number of aliphatic carboxylic acids is 1. The first-order valence-corrected chi connectivity index (χ1v) is 4.52. The third-order valence-electron chi connectivity index (χ3n) is 1.75. The molecule has 0 aliphatic rings. The molecule has 2 N–H and O–H groups in total. The summed E-state index contributed by atoms with van der Waals surface area (Å²) in [7, 11) is 0. The third kappa shape index (κ3) is 3.78. The second kappa shape index (κ2) is 4.86. The molecule has 2 rings (SSSR count). The molecule has 1 aromatic carbocycles. The summed E-state index contributed by atoms with van der Waals surface area (Å²) in [6.45, 7) is 1.96. The molecule has 7 heteroatoms. The first kappa shape index (κ1) is 13.0. The van der Waals surface area contributed by atoms with E-state index < -0.39 is 12.1 Å². The molecule has 0 saturated carbocycles. The topological polar surface area (TPSA) is 66.0 Å². The normalized spacial score (nSPS) is 10.8. The number of carboxylic acid groups (broad SMARTS) is 1. The number of aromatic amines is 1. The summed E-state index contributed by atoms with van der Waals surface area (Å²) in [5, 5.41) is 7.12. The molecule has 0 atom stereocenters. The van der Waals surface area contributed by atoms with Crippen LogP contribution in [0.3, 0.4) is 0 Å².